The number of aliphatic hydroxyl groups is 1. The van der Waals surface area contributed by atoms with Crippen molar-refractivity contribution < 1.29 is 14.2 Å². The van der Waals surface area contributed by atoms with Gasteiger partial charge in [0, 0.05) is 0 Å². The molecule has 0 aromatic heterocycles. The van der Waals surface area contributed by atoms with E-state index in [-0.39, 0.29) is 5.75 Å². The molecule has 84 valence electrons. The largest absolute Gasteiger partial charge is 0.494 e. The average molecular weight is 253 g/mol. The van der Waals surface area contributed by atoms with Crippen LogP contribution in [-0.4, -0.2) is 17.1 Å². The standard InChI is InChI=1S/C10H11Cl2FO2/c1-5-3-6(9(14)10(11)12)4-7(15-2)8(5)13/h3-4,9-10,14H,1-2H3. The normalized spacial score (nSPS) is 13.0. The van der Waals surface area contributed by atoms with E-state index in [4.69, 9.17) is 27.9 Å². The predicted octanol–water partition coefficient (Wildman–Crippen LogP) is 2.98. The van der Waals surface area contributed by atoms with E-state index in [0.717, 1.165) is 0 Å². The van der Waals surface area contributed by atoms with Crippen molar-refractivity contribution in [1.29, 1.82) is 0 Å². The van der Waals surface area contributed by atoms with Crippen LogP contribution in [0.3, 0.4) is 0 Å². The summed E-state index contributed by atoms with van der Waals surface area (Å²) >= 11 is 11.1. The molecule has 0 bridgehead atoms. The number of alkyl halides is 2. The first kappa shape index (κ1) is 12.6. The number of hydrogen-bond acceptors (Lipinski definition) is 2. The van der Waals surface area contributed by atoms with Gasteiger partial charge in [-0.15, -0.1) is 23.2 Å². The smallest absolute Gasteiger partial charge is 0.167 e. The van der Waals surface area contributed by atoms with Crippen LogP contribution in [0.15, 0.2) is 12.1 Å². The number of rotatable bonds is 3. The molecular weight excluding hydrogens is 242 g/mol. The fraction of sp³-hybridized carbons (Fsp3) is 0.400. The molecule has 0 saturated heterocycles. The van der Waals surface area contributed by atoms with Gasteiger partial charge in [-0.25, -0.2) is 4.39 Å². The van der Waals surface area contributed by atoms with Crippen molar-refractivity contribution in [3.63, 3.8) is 0 Å². The Morgan fingerprint density at radius 1 is 1.40 bits per heavy atom. The van der Waals surface area contributed by atoms with Gasteiger partial charge in [0.25, 0.3) is 0 Å². The highest BCUT2D eigenvalue weighted by atomic mass is 35.5. The van der Waals surface area contributed by atoms with Gasteiger partial charge in [-0.2, -0.15) is 0 Å². The Balaban J connectivity index is 3.16. The summed E-state index contributed by atoms with van der Waals surface area (Å²) in [5.41, 5.74) is 0.804. The Morgan fingerprint density at radius 3 is 2.47 bits per heavy atom. The molecule has 0 spiro atoms. The highest BCUT2D eigenvalue weighted by molar-refractivity contribution is 6.44. The van der Waals surface area contributed by atoms with Gasteiger partial charge in [0.2, 0.25) is 0 Å². The fourth-order valence-corrected chi connectivity index (χ4v) is 1.52. The summed E-state index contributed by atoms with van der Waals surface area (Å²) < 4.78 is 18.2. The summed E-state index contributed by atoms with van der Waals surface area (Å²) in [5.74, 6) is -0.382. The van der Waals surface area contributed by atoms with Crippen molar-refractivity contribution >= 4 is 23.2 Å². The van der Waals surface area contributed by atoms with E-state index in [1.165, 1.54) is 19.2 Å². The zero-order chi connectivity index (χ0) is 11.6. The van der Waals surface area contributed by atoms with Crippen LogP contribution in [0.25, 0.3) is 0 Å². The quantitative estimate of drug-likeness (QED) is 0.839. The molecule has 0 heterocycles. The zero-order valence-electron chi connectivity index (χ0n) is 8.30. The summed E-state index contributed by atoms with van der Waals surface area (Å²) in [6, 6.07) is 2.87. The van der Waals surface area contributed by atoms with Gasteiger partial charge in [-0.3, -0.25) is 0 Å². The lowest BCUT2D eigenvalue weighted by Gasteiger charge is -2.14. The maximum atomic E-state index is 13.4. The maximum Gasteiger partial charge on any atom is 0.167 e. The molecule has 1 unspecified atom stereocenters. The first-order valence-electron chi connectivity index (χ1n) is 4.27. The Morgan fingerprint density at radius 2 is 2.00 bits per heavy atom. The highest BCUT2D eigenvalue weighted by Gasteiger charge is 2.19. The van der Waals surface area contributed by atoms with Gasteiger partial charge < -0.3 is 9.84 Å². The summed E-state index contributed by atoms with van der Waals surface area (Å²) in [6.45, 7) is 1.57. The van der Waals surface area contributed by atoms with Crippen molar-refractivity contribution in [2.75, 3.05) is 7.11 Å². The van der Waals surface area contributed by atoms with Gasteiger partial charge in [0.15, 0.2) is 11.6 Å². The van der Waals surface area contributed by atoms with Crippen molar-refractivity contribution in [2.45, 2.75) is 17.9 Å². The molecule has 0 aliphatic carbocycles. The molecular formula is C10H11Cl2FO2. The minimum absolute atomic E-state index is 0.0676. The summed E-state index contributed by atoms with van der Waals surface area (Å²) in [6.07, 6.45) is -1.05. The molecule has 1 aromatic carbocycles. The fourth-order valence-electron chi connectivity index (χ4n) is 1.23. The number of aryl methyl sites for hydroxylation is 1. The van der Waals surface area contributed by atoms with Crippen LogP contribution >= 0.6 is 23.2 Å². The number of methoxy groups -OCH3 is 1. The summed E-state index contributed by atoms with van der Waals surface area (Å²) in [5, 5.41) is 9.59. The Kier molecular flexibility index (Phi) is 4.20. The van der Waals surface area contributed by atoms with Crippen molar-refractivity contribution in [1.82, 2.24) is 0 Å². The van der Waals surface area contributed by atoms with E-state index < -0.39 is 16.8 Å². The van der Waals surface area contributed by atoms with E-state index in [2.05, 4.69) is 0 Å². The molecule has 0 fully saturated rings. The first-order chi connectivity index (χ1) is 6.97. The number of benzene rings is 1. The molecule has 1 atom stereocenters. The second-order valence-corrected chi connectivity index (χ2v) is 4.30. The van der Waals surface area contributed by atoms with Crippen LogP contribution in [0.4, 0.5) is 4.39 Å². The third kappa shape index (κ3) is 2.74. The number of ether oxygens (including phenoxy) is 1. The first-order valence-corrected chi connectivity index (χ1v) is 5.15. The second-order valence-electron chi connectivity index (χ2n) is 3.13. The monoisotopic (exact) mass is 252 g/mol. The molecule has 0 amide bonds. The molecule has 1 N–H and O–H groups in total. The van der Waals surface area contributed by atoms with E-state index in [1.54, 1.807) is 6.92 Å². The van der Waals surface area contributed by atoms with Gasteiger partial charge in [0.1, 0.15) is 10.9 Å². The van der Waals surface area contributed by atoms with Crippen molar-refractivity contribution in [3.8, 4) is 5.75 Å². The maximum absolute atomic E-state index is 13.4. The zero-order valence-corrected chi connectivity index (χ0v) is 9.81. The van der Waals surface area contributed by atoms with E-state index in [0.29, 0.717) is 11.1 Å². The molecule has 0 aliphatic rings. The molecule has 0 aliphatic heterocycles. The van der Waals surface area contributed by atoms with Crippen LogP contribution in [0.2, 0.25) is 0 Å². The van der Waals surface area contributed by atoms with Crippen molar-refractivity contribution in [2.24, 2.45) is 0 Å². The van der Waals surface area contributed by atoms with Crippen LogP contribution in [0.1, 0.15) is 17.2 Å². The molecule has 2 nitrogen and oxygen atoms in total. The van der Waals surface area contributed by atoms with Crippen LogP contribution < -0.4 is 4.74 Å². The number of hydrogen-bond donors (Lipinski definition) is 1. The molecule has 5 heteroatoms. The number of halogens is 3. The lowest BCUT2D eigenvalue weighted by Crippen LogP contribution is -2.07. The minimum Gasteiger partial charge on any atom is -0.494 e. The Labute approximate surface area is 97.6 Å². The minimum atomic E-state index is -1.05. The van der Waals surface area contributed by atoms with E-state index in [1.807, 2.05) is 0 Å². The average Bonchev–Trinajstić information content (AvgIpc) is 2.20. The van der Waals surface area contributed by atoms with Gasteiger partial charge in [-0.1, -0.05) is 6.07 Å². The van der Waals surface area contributed by atoms with Gasteiger partial charge in [-0.05, 0) is 24.1 Å². The van der Waals surface area contributed by atoms with Crippen LogP contribution in [-0.2, 0) is 0 Å². The Bertz CT molecular complexity index is 356. The topological polar surface area (TPSA) is 29.5 Å². The second kappa shape index (κ2) is 5.01. The summed E-state index contributed by atoms with van der Waals surface area (Å²) in [4.78, 5) is -0.959. The van der Waals surface area contributed by atoms with Gasteiger partial charge in [0.05, 0.1) is 7.11 Å². The predicted molar refractivity (Wildman–Crippen MR) is 58.1 cm³/mol. The van der Waals surface area contributed by atoms with E-state index in [9.17, 15) is 9.50 Å². The molecule has 1 rings (SSSR count). The van der Waals surface area contributed by atoms with Crippen LogP contribution in [0, 0.1) is 12.7 Å². The van der Waals surface area contributed by atoms with Crippen LogP contribution in [0.5, 0.6) is 5.75 Å². The van der Waals surface area contributed by atoms with Gasteiger partial charge >= 0.3 is 0 Å². The van der Waals surface area contributed by atoms with Crippen molar-refractivity contribution in [3.05, 3.63) is 29.1 Å². The molecule has 15 heavy (non-hydrogen) atoms. The van der Waals surface area contributed by atoms with E-state index >= 15 is 0 Å². The Hall–Kier alpha value is -0.510. The lowest BCUT2D eigenvalue weighted by atomic mass is 10.1. The third-order valence-corrected chi connectivity index (χ3v) is 2.52. The SMILES string of the molecule is COc1cc(C(O)C(Cl)Cl)cc(C)c1F. The molecule has 1 aromatic rings. The third-order valence-electron chi connectivity index (χ3n) is 2.04. The summed E-state index contributed by atoms with van der Waals surface area (Å²) in [7, 11) is 1.35. The highest BCUT2D eigenvalue weighted by Crippen LogP contribution is 2.30. The molecule has 0 saturated carbocycles. The lowest BCUT2D eigenvalue weighted by molar-refractivity contribution is 0.192. The molecule has 0 radical (unpaired) electrons. The number of aliphatic hydroxyl groups excluding tert-OH is 1.